The summed E-state index contributed by atoms with van der Waals surface area (Å²) in [7, 11) is 2.19. The number of likely N-dealkylation sites (tertiary alicyclic amines) is 1. The normalized spacial score (nSPS) is 16.1. The van der Waals surface area contributed by atoms with Crippen molar-refractivity contribution in [3.05, 3.63) is 65.9 Å². The van der Waals surface area contributed by atoms with Crippen LogP contribution in [-0.2, 0) is 13.1 Å². The third kappa shape index (κ3) is 5.48. The van der Waals surface area contributed by atoms with E-state index >= 15 is 0 Å². The quantitative estimate of drug-likeness (QED) is 0.424. The van der Waals surface area contributed by atoms with E-state index in [1.165, 1.54) is 42.4 Å². The van der Waals surface area contributed by atoms with Gasteiger partial charge in [-0.3, -0.25) is 0 Å². The van der Waals surface area contributed by atoms with Crippen LogP contribution in [0.1, 0.15) is 31.0 Å². The van der Waals surface area contributed by atoms with E-state index in [2.05, 4.69) is 70.2 Å². The number of rotatable bonds is 6. The molecule has 0 saturated carbocycles. The van der Waals surface area contributed by atoms with Gasteiger partial charge in [0.05, 0.1) is 5.69 Å². The fourth-order valence-electron chi connectivity index (χ4n) is 4.22. The summed E-state index contributed by atoms with van der Waals surface area (Å²) in [5.74, 6) is 6.09. The number of anilines is 1. The van der Waals surface area contributed by atoms with Crippen molar-refractivity contribution in [1.29, 1.82) is 0 Å². The third-order valence-corrected chi connectivity index (χ3v) is 6.01. The molecular weight excluding hydrogens is 384 g/mol. The van der Waals surface area contributed by atoms with Gasteiger partial charge in [0.1, 0.15) is 0 Å². The summed E-state index contributed by atoms with van der Waals surface area (Å²) in [4.78, 5) is 2.40. The average molecular weight is 417 g/mol. The van der Waals surface area contributed by atoms with Gasteiger partial charge >= 0.3 is 0 Å². The number of aliphatic hydroxyl groups is 1. The highest BCUT2D eigenvalue weighted by Crippen LogP contribution is 2.22. The molecule has 1 atom stereocenters. The van der Waals surface area contributed by atoms with Crippen LogP contribution in [0, 0.1) is 11.8 Å². The predicted octanol–water partition coefficient (Wildman–Crippen LogP) is 3.63. The minimum atomic E-state index is -0.917. The molecule has 3 N–H and O–H groups in total. The molecule has 162 valence electrons. The van der Waals surface area contributed by atoms with E-state index in [0.29, 0.717) is 6.04 Å². The Hall–Kier alpha value is -2.78. The number of hydrogen-bond donors (Lipinski definition) is 3. The molecule has 2 heterocycles. The van der Waals surface area contributed by atoms with Gasteiger partial charge in [-0.2, -0.15) is 0 Å². The molecule has 2 aromatic carbocycles. The summed E-state index contributed by atoms with van der Waals surface area (Å²) in [6.07, 6.45) is 1.51. The fourth-order valence-corrected chi connectivity index (χ4v) is 4.22. The lowest BCUT2D eigenvalue weighted by atomic mass is 10.0. The first-order chi connectivity index (χ1) is 15.1. The van der Waals surface area contributed by atoms with E-state index in [0.717, 1.165) is 24.5 Å². The summed E-state index contributed by atoms with van der Waals surface area (Å²) in [6.45, 7) is 6.19. The Morgan fingerprint density at radius 1 is 1.10 bits per heavy atom. The number of nitrogens with one attached hydrogen (secondary N) is 2. The lowest BCUT2D eigenvalue weighted by Gasteiger charge is -2.29. The number of para-hydroxylation sites is 1. The van der Waals surface area contributed by atoms with Gasteiger partial charge in [0.25, 0.3) is 0 Å². The van der Waals surface area contributed by atoms with Gasteiger partial charge in [-0.05, 0) is 87.6 Å². The minimum Gasteiger partial charge on any atom is -0.363 e. The zero-order chi connectivity index (χ0) is 21.6. The lowest BCUT2D eigenvalue weighted by Crippen LogP contribution is -2.40. The number of aromatic nitrogens is 1. The maximum Gasteiger partial charge on any atom is 0.189 e. The standard InChI is InChI=1S/C26H32N4O/c1-3-30-24(10-12-26(31)28-23-7-5-4-6-8-23)18-21-17-20(9-11-25(21)30)19-27-22-13-15-29(2)16-14-22/h4-9,11,17-18,22,26-28,31H,3,13-16,19H2,1-2H3. The molecule has 4 rings (SSSR count). The van der Waals surface area contributed by atoms with Crippen LogP contribution in [-0.4, -0.2) is 47.0 Å². The van der Waals surface area contributed by atoms with Crippen LogP contribution >= 0.6 is 0 Å². The molecule has 3 aromatic rings. The first-order valence-corrected chi connectivity index (χ1v) is 11.2. The van der Waals surface area contributed by atoms with Crippen molar-refractivity contribution in [2.75, 3.05) is 25.5 Å². The Morgan fingerprint density at radius 2 is 1.87 bits per heavy atom. The predicted molar refractivity (Wildman–Crippen MR) is 128 cm³/mol. The maximum absolute atomic E-state index is 10.3. The molecule has 0 radical (unpaired) electrons. The molecule has 0 spiro atoms. The van der Waals surface area contributed by atoms with Crippen molar-refractivity contribution in [3.63, 3.8) is 0 Å². The summed E-state index contributed by atoms with van der Waals surface area (Å²) >= 11 is 0. The van der Waals surface area contributed by atoms with Crippen molar-refractivity contribution >= 4 is 16.6 Å². The number of aryl methyl sites for hydroxylation is 1. The van der Waals surface area contributed by atoms with Gasteiger partial charge in [-0.15, -0.1) is 0 Å². The van der Waals surface area contributed by atoms with Crippen molar-refractivity contribution in [3.8, 4) is 11.8 Å². The van der Waals surface area contributed by atoms with E-state index in [-0.39, 0.29) is 0 Å². The first-order valence-electron chi connectivity index (χ1n) is 11.2. The van der Waals surface area contributed by atoms with Crippen LogP contribution in [0.25, 0.3) is 10.9 Å². The van der Waals surface area contributed by atoms with Crippen LogP contribution in [0.4, 0.5) is 5.69 Å². The maximum atomic E-state index is 10.3. The van der Waals surface area contributed by atoms with Crippen LogP contribution in [0.5, 0.6) is 0 Å². The molecular formula is C26H32N4O. The van der Waals surface area contributed by atoms with E-state index in [1.54, 1.807) is 0 Å². The fraction of sp³-hybridized carbons (Fsp3) is 0.385. The summed E-state index contributed by atoms with van der Waals surface area (Å²) < 4.78 is 2.20. The smallest absolute Gasteiger partial charge is 0.189 e. The van der Waals surface area contributed by atoms with Crippen molar-refractivity contribution in [2.24, 2.45) is 0 Å². The summed E-state index contributed by atoms with van der Waals surface area (Å²) in [5, 5.41) is 18.2. The number of piperidine rings is 1. The second-order valence-corrected chi connectivity index (χ2v) is 8.31. The van der Waals surface area contributed by atoms with Crippen molar-refractivity contribution in [1.82, 2.24) is 14.8 Å². The zero-order valence-corrected chi connectivity index (χ0v) is 18.4. The molecule has 1 fully saturated rings. The molecule has 5 nitrogen and oxygen atoms in total. The Labute approximate surface area is 185 Å². The van der Waals surface area contributed by atoms with E-state index in [1.807, 2.05) is 30.3 Å². The lowest BCUT2D eigenvalue weighted by molar-refractivity contribution is 0.234. The zero-order valence-electron chi connectivity index (χ0n) is 18.4. The molecule has 1 unspecified atom stereocenters. The van der Waals surface area contributed by atoms with Gasteiger partial charge in [0.15, 0.2) is 6.23 Å². The second-order valence-electron chi connectivity index (χ2n) is 8.31. The Balaban J connectivity index is 1.46. The summed E-state index contributed by atoms with van der Waals surface area (Å²) in [5.41, 5.74) is 4.25. The number of benzene rings is 2. The largest absolute Gasteiger partial charge is 0.363 e. The number of nitrogens with zero attached hydrogens (tertiary/aromatic N) is 2. The highest BCUT2D eigenvalue weighted by molar-refractivity contribution is 5.83. The van der Waals surface area contributed by atoms with E-state index in [9.17, 15) is 5.11 Å². The monoisotopic (exact) mass is 416 g/mol. The molecule has 1 aliphatic rings. The Bertz CT molecular complexity index is 1060. The van der Waals surface area contributed by atoms with Crippen LogP contribution in [0.2, 0.25) is 0 Å². The highest BCUT2D eigenvalue weighted by Gasteiger charge is 2.16. The number of hydrogen-bond acceptors (Lipinski definition) is 4. The molecule has 1 aromatic heterocycles. The average Bonchev–Trinajstić information content (AvgIpc) is 3.14. The van der Waals surface area contributed by atoms with E-state index < -0.39 is 6.23 Å². The topological polar surface area (TPSA) is 52.5 Å². The second kappa shape index (κ2) is 10.0. The SMILES string of the molecule is CCn1c(C#CC(O)Nc2ccccc2)cc2cc(CNC3CCN(C)CC3)ccc21. The van der Waals surface area contributed by atoms with Gasteiger partial charge in [-0.1, -0.05) is 24.3 Å². The molecule has 0 aliphatic carbocycles. The summed E-state index contributed by atoms with van der Waals surface area (Å²) in [6, 6.07) is 19.0. The van der Waals surface area contributed by atoms with Gasteiger partial charge < -0.3 is 25.2 Å². The van der Waals surface area contributed by atoms with Crippen molar-refractivity contribution in [2.45, 2.75) is 45.1 Å². The molecule has 1 aliphatic heterocycles. The number of fused-ring (bicyclic) bond motifs is 1. The van der Waals surface area contributed by atoms with Crippen molar-refractivity contribution < 1.29 is 5.11 Å². The van der Waals surface area contributed by atoms with Gasteiger partial charge in [0.2, 0.25) is 0 Å². The van der Waals surface area contributed by atoms with Crippen LogP contribution in [0.3, 0.4) is 0 Å². The van der Waals surface area contributed by atoms with Crippen LogP contribution in [0.15, 0.2) is 54.6 Å². The molecule has 5 heteroatoms. The Morgan fingerprint density at radius 3 is 2.61 bits per heavy atom. The highest BCUT2D eigenvalue weighted by atomic mass is 16.3. The first kappa shape index (κ1) is 21.5. The van der Waals surface area contributed by atoms with Gasteiger partial charge in [-0.25, -0.2) is 0 Å². The number of aliphatic hydroxyl groups excluding tert-OH is 1. The molecule has 0 amide bonds. The molecule has 0 bridgehead atoms. The third-order valence-electron chi connectivity index (χ3n) is 6.01. The molecule has 31 heavy (non-hydrogen) atoms. The minimum absolute atomic E-state index is 0.604. The Kier molecular flexibility index (Phi) is 6.93. The van der Waals surface area contributed by atoms with Crippen LogP contribution < -0.4 is 10.6 Å². The molecule has 1 saturated heterocycles. The van der Waals surface area contributed by atoms with E-state index in [4.69, 9.17) is 0 Å². The van der Waals surface area contributed by atoms with Gasteiger partial charge in [0, 0.05) is 35.7 Å².